The van der Waals surface area contributed by atoms with Crippen molar-refractivity contribution in [3.63, 3.8) is 0 Å². The van der Waals surface area contributed by atoms with Crippen molar-refractivity contribution in [2.45, 2.75) is 77.9 Å². The summed E-state index contributed by atoms with van der Waals surface area (Å²) in [6.45, 7) is 13.6. The van der Waals surface area contributed by atoms with Crippen molar-refractivity contribution in [2.24, 2.45) is 0 Å². The molecule has 0 aliphatic carbocycles. The molecule has 0 radical (unpaired) electrons. The van der Waals surface area contributed by atoms with Crippen molar-refractivity contribution in [2.75, 3.05) is 13.1 Å². The molecule has 0 spiro atoms. The van der Waals surface area contributed by atoms with Gasteiger partial charge < -0.3 is 4.74 Å². The molecule has 0 N–H and O–H groups in total. The maximum Gasteiger partial charge on any atom is 0.119 e. The highest BCUT2D eigenvalue weighted by Gasteiger charge is 2.43. The molecule has 2 unspecified atom stereocenters. The second-order valence-corrected chi connectivity index (χ2v) is 7.03. The third-order valence-corrected chi connectivity index (χ3v) is 5.31. The van der Waals surface area contributed by atoms with Gasteiger partial charge in [-0.1, -0.05) is 53.2 Å². The summed E-state index contributed by atoms with van der Waals surface area (Å²) >= 11 is 0. The van der Waals surface area contributed by atoms with Gasteiger partial charge in [0.1, 0.15) is 11.9 Å². The molecule has 0 amide bonds. The first-order chi connectivity index (χ1) is 10.5. The zero-order chi connectivity index (χ0) is 16.2. The predicted molar refractivity (Wildman–Crippen MR) is 94.7 cm³/mol. The standard InChI is InChI=1S/C20H33NO/c1-6-13-20(7-2)14-19(15-21(20)8-3)22-18-11-9-17(10-12-18)16(4)5/h9-12,16,19H,6-8,13-15H2,1-5H3. The van der Waals surface area contributed by atoms with Crippen LogP contribution in [0.15, 0.2) is 24.3 Å². The molecule has 2 atom stereocenters. The molecule has 2 nitrogen and oxygen atoms in total. The van der Waals surface area contributed by atoms with Crippen LogP contribution in [0.25, 0.3) is 0 Å². The topological polar surface area (TPSA) is 12.5 Å². The lowest BCUT2D eigenvalue weighted by Crippen LogP contribution is -2.42. The molecule has 1 aliphatic heterocycles. The number of nitrogens with zero attached hydrogens (tertiary/aromatic N) is 1. The Hall–Kier alpha value is -1.02. The molecule has 124 valence electrons. The molecule has 2 heteroatoms. The summed E-state index contributed by atoms with van der Waals surface area (Å²) in [5.74, 6) is 1.60. The molecule has 1 aliphatic rings. The summed E-state index contributed by atoms with van der Waals surface area (Å²) in [5.41, 5.74) is 1.73. The zero-order valence-corrected chi connectivity index (χ0v) is 15.1. The average molecular weight is 303 g/mol. The molecular formula is C20H33NO. The van der Waals surface area contributed by atoms with Crippen molar-refractivity contribution in [3.05, 3.63) is 29.8 Å². The minimum absolute atomic E-state index is 0.330. The fraction of sp³-hybridized carbons (Fsp3) is 0.700. The van der Waals surface area contributed by atoms with E-state index in [0.717, 1.165) is 25.3 Å². The van der Waals surface area contributed by atoms with Crippen LogP contribution >= 0.6 is 0 Å². The van der Waals surface area contributed by atoms with Crippen LogP contribution in [0, 0.1) is 0 Å². The third-order valence-electron chi connectivity index (χ3n) is 5.31. The second kappa shape index (κ2) is 7.50. The normalized spacial score (nSPS) is 25.8. The lowest BCUT2D eigenvalue weighted by Gasteiger charge is -2.36. The molecule has 0 bridgehead atoms. The molecular weight excluding hydrogens is 270 g/mol. The van der Waals surface area contributed by atoms with Crippen LogP contribution < -0.4 is 4.74 Å². The average Bonchev–Trinajstić information content (AvgIpc) is 2.86. The number of ether oxygens (including phenoxy) is 1. The monoisotopic (exact) mass is 303 g/mol. The van der Waals surface area contributed by atoms with Crippen LogP contribution in [0.5, 0.6) is 5.75 Å². The van der Waals surface area contributed by atoms with Gasteiger partial charge in [0.15, 0.2) is 0 Å². The van der Waals surface area contributed by atoms with Gasteiger partial charge in [0.2, 0.25) is 0 Å². The van der Waals surface area contributed by atoms with Gasteiger partial charge in [-0.25, -0.2) is 0 Å². The summed E-state index contributed by atoms with van der Waals surface area (Å²) < 4.78 is 6.30. The van der Waals surface area contributed by atoms with E-state index < -0.39 is 0 Å². The Morgan fingerprint density at radius 1 is 1.18 bits per heavy atom. The van der Waals surface area contributed by atoms with Crippen LogP contribution in [0.4, 0.5) is 0 Å². The molecule has 2 rings (SSSR count). The Kier molecular flexibility index (Phi) is 5.91. The molecule has 0 aromatic heterocycles. The van der Waals surface area contributed by atoms with Gasteiger partial charge in [-0.2, -0.15) is 0 Å². The van der Waals surface area contributed by atoms with E-state index in [1.54, 1.807) is 0 Å². The maximum absolute atomic E-state index is 6.30. The van der Waals surface area contributed by atoms with E-state index in [1.165, 1.54) is 24.8 Å². The van der Waals surface area contributed by atoms with Crippen LogP contribution in [-0.2, 0) is 0 Å². The quantitative estimate of drug-likeness (QED) is 0.683. The van der Waals surface area contributed by atoms with Gasteiger partial charge in [0, 0.05) is 18.5 Å². The molecule has 1 aromatic rings. The molecule has 0 saturated carbocycles. The van der Waals surface area contributed by atoms with E-state index in [-0.39, 0.29) is 0 Å². The lowest BCUT2D eigenvalue weighted by molar-refractivity contribution is 0.127. The first kappa shape index (κ1) is 17.3. The van der Waals surface area contributed by atoms with E-state index in [2.05, 4.69) is 63.8 Å². The largest absolute Gasteiger partial charge is 0.489 e. The Balaban J connectivity index is 2.04. The zero-order valence-electron chi connectivity index (χ0n) is 15.1. The molecule has 22 heavy (non-hydrogen) atoms. The minimum Gasteiger partial charge on any atom is -0.489 e. The molecule has 1 fully saturated rings. The Morgan fingerprint density at radius 3 is 2.36 bits per heavy atom. The summed E-state index contributed by atoms with van der Waals surface area (Å²) in [6, 6.07) is 8.67. The smallest absolute Gasteiger partial charge is 0.119 e. The van der Waals surface area contributed by atoms with Gasteiger partial charge >= 0.3 is 0 Å². The summed E-state index contributed by atoms with van der Waals surface area (Å²) in [7, 11) is 0. The number of rotatable bonds is 7. The van der Waals surface area contributed by atoms with E-state index in [0.29, 0.717) is 17.6 Å². The number of hydrogen-bond acceptors (Lipinski definition) is 2. The highest BCUT2D eigenvalue weighted by atomic mass is 16.5. The van der Waals surface area contributed by atoms with Crippen molar-refractivity contribution in [1.29, 1.82) is 0 Å². The van der Waals surface area contributed by atoms with E-state index in [9.17, 15) is 0 Å². The molecule has 1 saturated heterocycles. The van der Waals surface area contributed by atoms with Gasteiger partial charge in [0.25, 0.3) is 0 Å². The van der Waals surface area contributed by atoms with Gasteiger partial charge in [-0.05, 0) is 43.0 Å². The number of benzene rings is 1. The highest BCUT2D eigenvalue weighted by Crippen LogP contribution is 2.38. The number of hydrogen-bond donors (Lipinski definition) is 0. The lowest BCUT2D eigenvalue weighted by atomic mass is 9.87. The first-order valence-corrected chi connectivity index (χ1v) is 9.06. The van der Waals surface area contributed by atoms with Gasteiger partial charge in [-0.3, -0.25) is 4.90 Å². The number of likely N-dealkylation sites (N-methyl/N-ethyl adjacent to an activating group) is 1. The van der Waals surface area contributed by atoms with Gasteiger partial charge in [-0.15, -0.1) is 0 Å². The Bertz CT molecular complexity index is 453. The highest BCUT2D eigenvalue weighted by molar-refractivity contribution is 5.29. The van der Waals surface area contributed by atoms with E-state index >= 15 is 0 Å². The molecule has 1 aromatic carbocycles. The van der Waals surface area contributed by atoms with E-state index in [1.807, 2.05) is 0 Å². The second-order valence-electron chi connectivity index (χ2n) is 7.03. The molecule has 1 heterocycles. The Morgan fingerprint density at radius 2 is 1.86 bits per heavy atom. The predicted octanol–water partition coefficient (Wildman–Crippen LogP) is 5.23. The fourth-order valence-electron chi connectivity index (χ4n) is 3.99. The summed E-state index contributed by atoms with van der Waals surface area (Å²) in [5, 5.41) is 0. The van der Waals surface area contributed by atoms with Crippen LogP contribution in [-0.4, -0.2) is 29.6 Å². The summed E-state index contributed by atoms with van der Waals surface area (Å²) in [6.07, 6.45) is 5.25. The van der Waals surface area contributed by atoms with Crippen LogP contribution in [0.1, 0.15) is 71.8 Å². The summed E-state index contributed by atoms with van der Waals surface area (Å²) in [4.78, 5) is 2.64. The maximum atomic E-state index is 6.30. The van der Waals surface area contributed by atoms with Crippen molar-refractivity contribution in [3.8, 4) is 5.75 Å². The number of likely N-dealkylation sites (tertiary alicyclic amines) is 1. The Labute approximate surface area is 136 Å². The van der Waals surface area contributed by atoms with Crippen LogP contribution in [0.2, 0.25) is 0 Å². The SMILES string of the molecule is CCCC1(CC)CC(Oc2ccc(C(C)C)cc2)CN1CC. The van der Waals surface area contributed by atoms with Crippen molar-refractivity contribution >= 4 is 0 Å². The van der Waals surface area contributed by atoms with Crippen LogP contribution in [0.3, 0.4) is 0 Å². The first-order valence-electron chi connectivity index (χ1n) is 9.06. The third kappa shape index (κ3) is 3.65. The minimum atomic E-state index is 0.330. The van der Waals surface area contributed by atoms with Crippen molar-refractivity contribution < 1.29 is 4.74 Å². The van der Waals surface area contributed by atoms with E-state index in [4.69, 9.17) is 4.74 Å². The van der Waals surface area contributed by atoms with Crippen molar-refractivity contribution in [1.82, 2.24) is 4.90 Å². The van der Waals surface area contributed by atoms with Gasteiger partial charge in [0.05, 0.1) is 0 Å². The fourth-order valence-corrected chi connectivity index (χ4v) is 3.99.